The third-order valence-corrected chi connectivity index (χ3v) is 2.98. The van der Waals surface area contributed by atoms with Crippen LogP contribution in [0.3, 0.4) is 0 Å². The van der Waals surface area contributed by atoms with Gasteiger partial charge in [0.05, 0.1) is 22.6 Å². The van der Waals surface area contributed by atoms with E-state index in [-0.39, 0.29) is 5.82 Å². The predicted molar refractivity (Wildman–Crippen MR) is 72.8 cm³/mol. The summed E-state index contributed by atoms with van der Waals surface area (Å²) in [4.78, 5) is 4.11. The van der Waals surface area contributed by atoms with E-state index >= 15 is 0 Å². The molecule has 5 heteroatoms. The minimum Gasteiger partial charge on any atom is -0.397 e. The Kier molecular flexibility index (Phi) is 3.39. The number of rotatable bonds is 2. The Balaban J connectivity index is 2.34. The minimum atomic E-state index is -0.311. The van der Waals surface area contributed by atoms with Crippen LogP contribution in [-0.2, 0) is 0 Å². The molecule has 2 aromatic rings. The lowest BCUT2D eigenvalue weighted by Gasteiger charge is -2.10. The molecule has 3 N–H and O–H groups in total. The number of hydrogen-bond acceptors (Lipinski definition) is 3. The number of nitrogens with two attached hydrogens (primary N) is 1. The lowest BCUT2D eigenvalue weighted by Crippen LogP contribution is -1.98. The molecule has 0 spiro atoms. The molecule has 0 saturated heterocycles. The third kappa shape index (κ3) is 2.54. The molecule has 0 bridgehead atoms. The van der Waals surface area contributed by atoms with Crippen molar-refractivity contribution in [1.29, 1.82) is 0 Å². The van der Waals surface area contributed by atoms with Crippen LogP contribution in [0.5, 0.6) is 0 Å². The minimum absolute atomic E-state index is 0.311. The van der Waals surface area contributed by atoms with Crippen molar-refractivity contribution in [1.82, 2.24) is 4.98 Å². The van der Waals surface area contributed by atoms with Crippen molar-refractivity contribution in [2.24, 2.45) is 0 Å². The number of nitrogen functional groups attached to an aromatic ring is 1. The summed E-state index contributed by atoms with van der Waals surface area (Å²) in [7, 11) is 0. The molecule has 1 heterocycles. The number of nitrogens with one attached hydrogen (secondary N) is 1. The Morgan fingerprint density at radius 1 is 1.22 bits per heavy atom. The Bertz CT molecular complexity index is 599. The van der Waals surface area contributed by atoms with Crippen LogP contribution in [0.25, 0.3) is 0 Å². The summed E-state index contributed by atoms with van der Waals surface area (Å²) < 4.78 is 13.5. The molecule has 1 aromatic heterocycles. The summed E-state index contributed by atoms with van der Waals surface area (Å²) in [6, 6.07) is 4.71. The van der Waals surface area contributed by atoms with Gasteiger partial charge in [0.1, 0.15) is 11.6 Å². The van der Waals surface area contributed by atoms with Crippen molar-refractivity contribution in [2.45, 2.75) is 13.8 Å². The van der Waals surface area contributed by atoms with Crippen LogP contribution < -0.4 is 11.1 Å². The molecular weight excluding hydrogens is 253 g/mol. The van der Waals surface area contributed by atoms with E-state index in [4.69, 9.17) is 17.3 Å². The number of anilines is 3. The van der Waals surface area contributed by atoms with E-state index in [1.54, 1.807) is 25.3 Å². The lowest BCUT2D eigenvalue weighted by molar-refractivity contribution is 0.619. The molecule has 3 nitrogen and oxygen atoms in total. The molecule has 0 radical (unpaired) electrons. The van der Waals surface area contributed by atoms with Crippen molar-refractivity contribution in [3.05, 3.63) is 46.4 Å². The zero-order chi connectivity index (χ0) is 13.3. The highest BCUT2D eigenvalue weighted by Gasteiger charge is 2.07. The van der Waals surface area contributed by atoms with Crippen LogP contribution in [0.4, 0.5) is 21.6 Å². The number of benzene rings is 1. The molecule has 2 rings (SSSR count). The Labute approximate surface area is 110 Å². The van der Waals surface area contributed by atoms with Gasteiger partial charge in [0.2, 0.25) is 0 Å². The number of hydrogen-bond donors (Lipinski definition) is 2. The molecule has 18 heavy (non-hydrogen) atoms. The molecule has 0 fully saturated rings. The average Bonchev–Trinajstić information content (AvgIpc) is 2.31. The van der Waals surface area contributed by atoms with Gasteiger partial charge in [-0.05, 0) is 43.2 Å². The van der Waals surface area contributed by atoms with Gasteiger partial charge in [0.15, 0.2) is 0 Å². The summed E-state index contributed by atoms with van der Waals surface area (Å²) in [5.41, 5.74) is 8.18. The quantitative estimate of drug-likeness (QED) is 0.868. The number of nitrogens with zero attached hydrogens (tertiary/aromatic N) is 1. The van der Waals surface area contributed by atoms with E-state index in [1.165, 1.54) is 6.07 Å². The topological polar surface area (TPSA) is 50.9 Å². The van der Waals surface area contributed by atoms with Gasteiger partial charge in [-0.2, -0.15) is 0 Å². The van der Waals surface area contributed by atoms with Crippen LogP contribution in [0.15, 0.2) is 24.4 Å². The monoisotopic (exact) mass is 265 g/mol. The van der Waals surface area contributed by atoms with Crippen LogP contribution in [0.1, 0.15) is 11.1 Å². The fourth-order valence-electron chi connectivity index (χ4n) is 1.51. The summed E-state index contributed by atoms with van der Waals surface area (Å²) in [5, 5.41) is 3.42. The van der Waals surface area contributed by atoms with Crippen LogP contribution in [-0.4, -0.2) is 4.98 Å². The second kappa shape index (κ2) is 4.82. The summed E-state index contributed by atoms with van der Waals surface area (Å²) in [5.74, 6) is 0.265. The van der Waals surface area contributed by atoms with Gasteiger partial charge in [0, 0.05) is 0 Å². The average molecular weight is 266 g/mol. The number of halogens is 2. The van der Waals surface area contributed by atoms with Crippen LogP contribution >= 0.6 is 11.6 Å². The van der Waals surface area contributed by atoms with Crippen molar-refractivity contribution in [3.8, 4) is 0 Å². The smallest absolute Gasteiger partial charge is 0.130 e. The van der Waals surface area contributed by atoms with Gasteiger partial charge in [-0.1, -0.05) is 11.6 Å². The predicted octanol–water partition coefficient (Wildman–Crippen LogP) is 3.82. The first-order chi connectivity index (χ1) is 8.47. The molecule has 1 aromatic carbocycles. The lowest BCUT2D eigenvalue weighted by atomic mass is 10.2. The molecule has 0 amide bonds. The molecule has 0 unspecified atom stereocenters. The summed E-state index contributed by atoms with van der Waals surface area (Å²) in [6.07, 6.45) is 1.55. The molecule has 0 atom stereocenters. The Morgan fingerprint density at radius 3 is 2.61 bits per heavy atom. The first-order valence-corrected chi connectivity index (χ1v) is 5.80. The fourth-order valence-corrected chi connectivity index (χ4v) is 1.78. The largest absolute Gasteiger partial charge is 0.397 e. The maximum atomic E-state index is 13.5. The van der Waals surface area contributed by atoms with E-state index in [0.717, 1.165) is 5.56 Å². The molecule has 94 valence electrons. The summed E-state index contributed by atoms with van der Waals surface area (Å²) in [6.45, 7) is 3.54. The first kappa shape index (κ1) is 12.6. The van der Waals surface area contributed by atoms with Gasteiger partial charge in [0.25, 0.3) is 0 Å². The zero-order valence-electron chi connectivity index (χ0n) is 10.1. The van der Waals surface area contributed by atoms with Crippen LogP contribution in [0.2, 0.25) is 5.02 Å². The zero-order valence-corrected chi connectivity index (χ0v) is 10.8. The van der Waals surface area contributed by atoms with E-state index in [1.807, 2.05) is 6.92 Å². The molecule has 0 aliphatic heterocycles. The first-order valence-electron chi connectivity index (χ1n) is 5.42. The second-order valence-corrected chi connectivity index (χ2v) is 4.54. The fraction of sp³-hybridized carbons (Fsp3) is 0.154. The van der Waals surface area contributed by atoms with E-state index in [2.05, 4.69) is 10.3 Å². The van der Waals surface area contributed by atoms with E-state index < -0.39 is 0 Å². The standard InChI is InChI=1S/C13H13ClFN3/c1-7-3-9(14)12(5-10(7)15)18-13-4-8(2)11(16)6-17-13/h3-6H,16H2,1-2H3,(H,17,18). The van der Waals surface area contributed by atoms with Crippen molar-refractivity contribution < 1.29 is 4.39 Å². The molecular formula is C13H13ClFN3. The van der Waals surface area contributed by atoms with Gasteiger partial charge in [-0.15, -0.1) is 0 Å². The van der Waals surface area contributed by atoms with Crippen molar-refractivity contribution in [2.75, 3.05) is 11.1 Å². The molecule has 0 aliphatic rings. The highest BCUT2D eigenvalue weighted by atomic mass is 35.5. The normalized spacial score (nSPS) is 10.4. The van der Waals surface area contributed by atoms with Crippen molar-refractivity contribution in [3.63, 3.8) is 0 Å². The van der Waals surface area contributed by atoms with Gasteiger partial charge < -0.3 is 11.1 Å². The summed E-state index contributed by atoms with van der Waals surface area (Å²) >= 11 is 6.04. The van der Waals surface area contributed by atoms with Crippen LogP contribution in [0, 0.1) is 19.7 Å². The Hall–Kier alpha value is -1.81. The second-order valence-electron chi connectivity index (χ2n) is 4.13. The highest BCUT2D eigenvalue weighted by Crippen LogP contribution is 2.28. The molecule has 0 aliphatic carbocycles. The van der Waals surface area contributed by atoms with E-state index in [9.17, 15) is 4.39 Å². The van der Waals surface area contributed by atoms with E-state index in [0.29, 0.717) is 27.8 Å². The number of pyridine rings is 1. The SMILES string of the molecule is Cc1cc(Nc2cc(F)c(C)cc2Cl)ncc1N. The van der Waals surface area contributed by atoms with Gasteiger partial charge >= 0.3 is 0 Å². The van der Waals surface area contributed by atoms with Gasteiger partial charge in [-0.25, -0.2) is 9.37 Å². The maximum absolute atomic E-state index is 13.5. The molecule has 0 saturated carbocycles. The van der Waals surface area contributed by atoms with Gasteiger partial charge in [-0.3, -0.25) is 0 Å². The Morgan fingerprint density at radius 2 is 1.94 bits per heavy atom. The maximum Gasteiger partial charge on any atom is 0.130 e. The highest BCUT2D eigenvalue weighted by molar-refractivity contribution is 6.33. The van der Waals surface area contributed by atoms with Crippen molar-refractivity contribution >= 4 is 28.8 Å². The number of aryl methyl sites for hydroxylation is 2. The number of aromatic nitrogens is 1. The third-order valence-electron chi connectivity index (χ3n) is 2.66.